The van der Waals surface area contributed by atoms with Crippen LogP contribution in [0.25, 0.3) is 44.1 Å². The molecule has 0 amide bonds. The number of hydrogen-bond donors (Lipinski definition) is 1. The van der Waals surface area contributed by atoms with Gasteiger partial charge in [0.1, 0.15) is 23.0 Å². The number of carbonyl (C=O) groups excluding carboxylic acids is 1. The van der Waals surface area contributed by atoms with Crippen molar-refractivity contribution in [3.8, 4) is 11.3 Å². The molecule has 1 aliphatic carbocycles. The van der Waals surface area contributed by atoms with Crippen molar-refractivity contribution in [2.24, 2.45) is 40.9 Å². The molecule has 51 heavy (non-hydrogen) atoms. The number of fused-ring (bicyclic) bond motifs is 4. The number of hydrogen-bond acceptors (Lipinski definition) is 5. The number of ketones is 1. The summed E-state index contributed by atoms with van der Waals surface area (Å²) in [6.07, 6.45) is 8.17. The third-order valence-electron chi connectivity index (χ3n) is 10.8. The van der Waals surface area contributed by atoms with E-state index in [2.05, 4.69) is 128 Å². The van der Waals surface area contributed by atoms with Crippen LogP contribution in [0.4, 0.5) is 0 Å². The Bertz CT molecular complexity index is 1940. The van der Waals surface area contributed by atoms with Gasteiger partial charge < -0.3 is 9.52 Å². The van der Waals surface area contributed by atoms with E-state index in [9.17, 15) is 9.90 Å². The number of aliphatic hydroxyl groups is 1. The van der Waals surface area contributed by atoms with Gasteiger partial charge in [-0.2, -0.15) is 0 Å². The van der Waals surface area contributed by atoms with Gasteiger partial charge in [-0.3, -0.25) is 9.78 Å². The summed E-state index contributed by atoms with van der Waals surface area (Å²) in [4.78, 5) is 21.5. The number of aliphatic hydroxyl groups excluding tert-OH is 1. The van der Waals surface area contributed by atoms with Crippen LogP contribution >= 0.6 is 0 Å². The minimum Gasteiger partial charge on any atom is -0.512 e. The quantitative estimate of drug-likeness (QED) is 0.0907. The summed E-state index contributed by atoms with van der Waals surface area (Å²) in [7, 11) is 0. The van der Waals surface area contributed by atoms with Gasteiger partial charge in [-0.25, -0.2) is 4.98 Å². The molecule has 1 N–H and O–H groups in total. The summed E-state index contributed by atoms with van der Waals surface area (Å²) in [6.45, 7) is 21.4. The molecule has 6 rings (SSSR count). The van der Waals surface area contributed by atoms with Crippen LogP contribution in [-0.4, -0.2) is 20.9 Å². The predicted molar refractivity (Wildman–Crippen MR) is 208 cm³/mol. The Kier molecular flexibility index (Phi) is 13.5. The summed E-state index contributed by atoms with van der Waals surface area (Å²) in [5.41, 5.74) is 6.10. The van der Waals surface area contributed by atoms with Crippen LogP contribution in [0.3, 0.4) is 0 Å². The molecule has 275 valence electrons. The molecule has 1 saturated carbocycles. The Balaban J connectivity index is 0.000000255. The Hall–Kier alpha value is -3.34. The first-order valence-corrected chi connectivity index (χ1v) is 18.7. The van der Waals surface area contributed by atoms with Crippen molar-refractivity contribution >= 4 is 38.6 Å². The van der Waals surface area contributed by atoms with Gasteiger partial charge in [-0.1, -0.05) is 104 Å². The zero-order valence-electron chi connectivity index (χ0n) is 32.2. The van der Waals surface area contributed by atoms with Crippen LogP contribution < -0.4 is 0 Å². The molecule has 1 fully saturated rings. The van der Waals surface area contributed by atoms with E-state index in [1.807, 2.05) is 12.1 Å². The molecule has 0 atom stereocenters. The molecule has 0 saturated heterocycles. The van der Waals surface area contributed by atoms with E-state index in [-0.39, 0.29) is 43.5 Å². The molecule has 0 spiro atoms. The largest absolute Gasteiger partial charge is 0.512 e. The molecular weight excluding hydrogens is 809 g/mol. The van der Waals surface area contributed by atoms with E-state index in [0.717, 1.165) is 38.7 Å². The topological polar surface area (TPSA) is 76.2 Å². The van der Waals surface area contributed by atoms with E-state index in [4.69, 9.17) is 4.42 Å². The fourth-order valence-electron chi connectivity index (χ4n) is 8.24. The smallest absolute Gasteiger partial charge is 0.162 e. The normalized spacial score (nSPS) is 15.4. The first-order chi connectivity index (χ1) is 23.7. The molecule has 2 heterocycles. The van der Waals surface area contributed by atoms with Gasteiger partial charge in [-0.05, 0) is 78.4 Å². The number of furan rings is 1. The van der Waals surface area contributed by atoms with Crippen molar-refractivity contribution in [2.45, 2.75) is 101 Å². The summed E-state index contributed by atoms with van der Waals surface area (Å²) in [5.74, 6) is 2.24. The van der Waals surface area contributed by atoms with Gasteiger partial charge in [0.2, 0.25) is 0 Å². The minimum atomic E-state index is -0.0119. The van der Waals surface area contributed by atoms with Crippen LogP contribution in [0.2, 0.25) is 0 Å². The van der Waals surface area contributed by atoms with E-state index in [1.54, 1.807) is 6.33 Å². The SMILES string of the molecule is CC(C)C(C(=O)/C=C(\O)C(C(C)C)C(C)C)C(C)C.CC1(C)CCC(c2ccc3c(c2)oc2c(-c4[c-]c5ccccc5cc4)ncnc23)CC1.[Ir]. The maximum Gasteiger partial charge on any atom is 0.162 e. The van der Waals surface area contributed by atoms with E-state index >= 15 is 0 Å². The van der Waals surface area contributed by atoms with Gasteiger partial charge in [-0.15, -0.1) is 29.7 Å². The molecule has 5 aromatic rings. The summed E-state index contributed by atoms with van der Waals surface area (Å²) in [5, 5.41) is 13.6. The van der Waals surface area contributed by atoms with Crippen molar-refractivity contribution < 1.29 is 34.4 Å². The van der Waals surface area contributed by atoms with Crippen LogP contribution in [0.5, 0.6) is 0 Å². The molecule has 6 heteroatoms. The van der Waals surface area contributed by atoms with Crippen molar-refractivity contribution in [3.05, 3.63) is 84.4 Å². The molecule has 1 radical (unpaired) electrons. The summed E-state index contributed by atoms with van der Waals surface area (Å²) >= 11 is 0. The molecule has 1 aliphatic rings. The zero-order chi connectivity index (χ0) is 36.3. The molecule has 5 nitrogen and oxygen atoms in total. The number of allylic oxidation sites excluding steroid dienone is 2. The summed E-state index contributed by atoms with van der Waals surface area (Å²) in [6, 6.07) is 22.6. The fourth-order valence-corrected chi connectivity index (χ4v) is 8.24. The van der Waals surface area contributed by atoms with Crippen molar-refractivity contribution in [3.63, 3.8) is 0 Å². The number of benzene rings is 3. The van der Waals surface area contributed by atoms with E-state index in [1.165, 1.54) is 42.7 Å². The van der Waals surface area contributed by atoms with Crippen LogP contribution in [0.1, 0.15) is 106 Å². The number of carbonyl (C=O) groups is 1. The van der Waals surface area contributed by atoms with Gasteiger partial charge in [0.05, 0.1) is 11.5 Å². The Morgan fingerprint density at radius 3 is 2.12 bits per heavy atom. The van der Waals surface area contributed by atoms with Crippen molar-refractivity contribution in [1.29, 1.82) is 0 Å². The van der Waals surface area contributed by atoms with Crippen LogP contribution in [0.15, 0.2) is 77.2 Å². The zero-order valence-corrected chi connectivity index (χ0v) is 34.6. The average Bonchev–Trinajstić information content (AvgIpc) is 3.42. The number of rotatable bonds is 9. The maximum absolute atomic E-state index is 12.3. The average molecular weight is 866 g/mol. The van der Waals surface area contributed by atoms with Gasteiger partial charge in [0, 0.05) is 43.4 Å². The van der Waals surface area contributed by atoms with E-state index in [0.29, 0.717) is 35.0 Å². The molecule has 2 aromatic heterocycles. The van der Waals surface area contributed by atoms with Crippen LogP contribution in [-0.2, 0) is 24.9 Å². The van der Waals surface area contributed by atoms with Crippen LogP contribution in [0, 0.1) is 47.0 Å². The Morgan fingerprint density at radius 1 is 0.863 bits per heavy atom. The molecule has 3 aromatic carbocycles. The standard InChI is InChI=1S/C28H25N2O.C17H32O2.Ir/c1-28(2)13-11-19(12-14-28)21-9-10-23-24(16-21)31-27-25(29-17-30-26(23)27)22-8-7-18-5-3-4-6-20(18)15-22;1-10(2)16(11(3)4)14(18)9-15(19)17(12(5)6)13(7)8;/h3-10,16-17,19H,11-14H2,1-2H3;9-13,16-18H,1-8H3;/q-1;;/b;14-9-;. The third-order valence-corrected chi connectivity index (χ3v) is 10.8. The van der Waals surface area contributed by atoms with Gasteiger partial charge >= 0.3 is 0 Å². The maximum atomic E-state index is 12.3. The number of aromatic nitrogens is 2. The van der Waals surface area contributed by atoms with Gasteiger partial charge in [0.25, 0.3) is 0 Å². The predicted octanol–water partition coefficient (Wildman–Crippen LogP) is 12.5. The first kappa shape index (κ1) is 40.4. The minimum absolute atomic E-state index is 0. The number of nitrogens with zero attached hydrogens (tertiary/aromatic N) is 2. The second-order valence-corrected chi connectivity index (χ2v) is 16.7. The van der Waals surface area contributed by atoms with Gasteiger partial charge in [0.15, 0.2) is 5.78 Å². The first-order valence-electron chi connectivity index (χ1n) is 18.7. The molecular formula is C45H57IrN2O3-. The Labute approximate surface area is 319 Å². The Morgan fingerprint density at radius 2 is 1.49 bits per heavy atom. The van der Waals surface area contributed by atoms with Crippen molar-refractivity contribution in [1.82, 2.24) is 9.97 Å². The monoisotopic (exact) mass is 866 g/mol. The van der Waals surface area contributed by atoms with Crippen molar-refractivity contribution in [2.75, 3.05) is 0 Å². The summed E-state index contributed by atoms with van der Waals surface area (Å²) < 4.78 is 6.38. The second-order valence-electron chi connectivity index (χ2n) is 16.7. The third kappa shape index (κ3) is 9.37. The second kappa shape index (κ2) is 17.0. The van der Waals surface area contributed by atoms with E-state index < -0.39 is 0 Å². The molecule has 0 bridgehead atoms. The fraction of sp³-hybridized carbons (Fsp3) is 0.489. The molecule has 0 unspecified atom stereocenters. The molecule has 0 aliphatic heterocycles.